The van der Waals surface area contributed by atoms with Crippen molar-refractivity contribution >= 4 is 11.9 Å². The summed E-state index contributed by atoms with van der Waals surface area (Å²) < 4.78 is 0. The Kier molecular flexibility index (Phi) is 5.62. The van der Waals surface area contributed by atoms with Crippen molar-refractivity contribution in [2.75, 3.05) is 20.6 Å². The fourth-order valence-corrected chi connectivity index (χ4v) is 1.12. The molecule has 0 heterocycles. The molecule has 0 radical (unpaired) electrons. The number of guanidine groups is 1. The third kappa shape index (κ3) is 5.36. The van der Waals surface area contributed by atoms with Crippen molar-refractivity contribution in [1.29, 1.82) is 5.41 Å². The van der Waals surface area contributed by atoms with Gasteiger partial charge in [0.15, 0.2) is 5.96 Å². The summed E-state index contributed by atoms with van der Waals surface area (Å²) in [5.74, 6) is -0.903. The van der Waals surface area contributed by atoms with Crippen LogP contribution in [-0.2, 0) is 4.79 Å². The molecule has 0 unspecified atom stereocenters. The smallest absolute Gasteiger partial charge is 0.320 e. The van der Waals surface area contributed by atoms with E-state index in [9.17, 15) is 4.79 Å². The lowest BCUT2D eigenvalue weighted by molar-refractivity contribution is -0.142. The molecule has 0 aliphatic rings. The van der Waals surface area contributed by atoms with Crippen LogP contribution in [0, 0.1) is 5.41 Å². The largest absolute Gasteiger partial charge is 0.480 e. The molecule has 0 aromatic heterocycles. The number of carboxylic acids is 1. The summed E-state index contributed by atoms with van der Waals surface area (Å²) in [6.45, 7) is 0.535. The Morgan fingerprint density at radius 3 is 2.57 bits per heavy atom. The van der Waals surface area contributed by atoms with E-state index >= 15 is 0 Å². The topological polar surface area (TPSA) is 102 Å². The average Bonchev–Trinajstić information content (AvgIpc) is 2.01. The van der Waals surface area contributed by atoms with Crippen LogP contribution in [0.3, 0.4) is 0 Å². The molecule has 6 nitrogen and oxygen atoms in total. The second-order valence-corrected chi connectivity index (χ2v) is 3.30. The van der Waals surface area contributed by atoms with Crippen LogP contribution in [0.2, 0.25) is 0 Å². The number of rotatable bonds is 6. The van der Waals surface area contributed by atoms with Crippen molar-refractivity contribution in [2.24, 2.45) is 5.73 Å². The van der Waals surface area contributed by atoms with Crippen molar-refractivity contribution in [3.05, 3.63) is 0 Å². The zero-order chi connectivity index (χ0) is 11.1. The number of hydrogen-bond acceptors (Lipinski definition) is 3. The van der Waals surface area contributed by atoms with E-state index in [2.05, 4.69) is 5.32 Å². The van der Waals surface area contributed by atoms with Crippen molar-refractivity contribution in [2.45, 2.75) is 18.9 Å². The fraction of sp³-hybridized carbons (Fsp3) is 0.750. The number of nitrogens with two attached hydrogens (primary N) is 1. The number of nitrogens with zero attached hydrogens (tertiary/aromatic N) is 1. The normalized spacial score (nSPS) is 12.5. The second-order valence-electron chi connectivity index (χ2n) is 3.30. The molecule has 0 rings (SSSR count). The maximum absolute atomic E-state index is 10.7. The maximum Gasteiger partial charge on any atom is 0.320 e. The highest BCUT2D eigenvalue weighted by Crippen LogP contribution is 2.02. The highest BCUT2D eigenvalue weighted by molar-refractivity contribution is 5.74. The van der Waals surface area contributed by atoms with Gasteiger partial charge in [0.2, 0.25) is 0 Å². The Labute approximate surface area is 83.6 Å². The molecule has 0 aromatic rings. The highest BCUT2D eigenvalue weighted by Gasteiger charge is 2.18. The number of nitrogens with one attached hydrogen (secondary N) is 2. The summed E-state index contributed by atoms with van der Waals surface area (Å²) in [6, 6.07) is -0.469. The molecule has 82 valence electrons. The third-order valence-electron chi connectivity index (χ3n) is 1.88. The van der Waals surface area contributed by atoms with Crippen LogP contribution in [0.4, 0.5) is 0 Å². The Morgan fingerprint density at radius 2 is 2.21 bits per heavy atom. The van der Waals surface area contributed by atoms with E-state index in [4.69, 9.17) is 16.2 Å². The Morgan fingerprint density at radius 1 is 1.64 bits per heavy atom. The molecule has 5 N–H and O–H groups in total. The lowest BCUT2D eigenvalue weighted by Crippen LogP contribution is -2.37. The van der Waals surface area contributed by atoms with Crippen molar-refractivity contribution in [3.8, 4) is 0 Å². The van der Waals surface area contributed by atoms with Gasteiger partial charge in [0.25, 0.3) is 0 Å². The minimum atomic E-state index is -0.821. The minimum absolute atomic E-state index is 0.0817. The van der Waals surface area contributed by atoms with Gasteiger partial charge < -0.3 is 16.2 Å². The molecule has 1 atom stereocenters. The number of hydrogen-bond donors (Lipinski definition) is 4. The summed E-state index contributed by atoms with van der Waals surface area (Å²) in [7, 11) is 3.47. The van der Waals surface area contributed by atoms with Gasteiger partial charge in [0.05, 0.1) is 0 Å². The van der Waals surface area contributed by atoms with Crippen LogP contribution in [0.15, 0.2) is 0 Å². The zero-order valence-corrected chi connectivity index (χ0v) is 8.58. The van der Waals surface area contributed by atoms with Crippen molar-refractivity contribution < 1.29 is 9.90 Å². The molecule has 0 amide bonds. The Balaban J connectivity index is 3.73. The van der Waals surface area contributed by atoms with Crippen LogP contribution < -0.4 is 11.1 Å². The van der Waals surface area contributed by atoms with Crippen LogP contribution in [0.25, 0.3) is 0 Å². The monoisotopic (exact) mass is 202 g/mol. The van der Waals surface area contributed by atoms with Gasteiger partial charge in [-0.3, -0.25) is 15.1 Å². The van der Waals surface area contributed by atoms with Gasteiger partial charge in [-0.1, -0.05) is 0 Å². The van der Waals surface area contributed by atoms with E-state index in [-0.39, 0.29) is 5.96 Å². The first-order valence-electron chi connectivity index (χ1n) is 4.42. The molecular formula is C8H18N4O2. The van der Waals surface area contributed by atoms with E-state index in [0.717, 1.165) is 0 Å². The number of carboxylic acid groups (broad SMARTS) is 1. The molecule has 0 saturated heterocycles. The van der Waals surface area contributed by atoms with Crippen molar-refractivity contribution in [1.82, 2.24) is 10.2 Å². The molecule has 0 spiro atoms. The number of carbonyl (C=O) groups is 1. The lowest BCUT2D eigenvalue weighted by Gasteiger charge is -2.19. The van der Waals surface area contributed by atoms with E-state index < -0.39 is 12.0 Å². The first-order chi connectivity index (χ1) is 6.45. The zero-order valence-electron chi connectivity index (χ0n) is 8.58. The van der Waals surface area contributed by atoms with Crippen LogP contribution >= 0.6 is 0 Å². The summed E-state index contributed by atoms with van der Waals surface area (Å²) in [5, 5.41) is 18.3. The predicted molar refractivity (Wildman–Crippen MR) is 54.3 cm³/mol. The fourth-order valence-electron chi connectivity index (χ4n) is 1.12. The second kappa shape index (κ2) is 6.20. The quantitative estimate of drug-likeness (QED) is 0.258. The van der Waals surface area contributed by atoms with E-state index in [1.165, 1.54) is 0 Å². The van der Waals surface area contributed by atoms with E-state index in [1.807, 2.05) is 0 Å². The van der Waals surface area contributed by atoms with Crippen LogP contribution in [0.1, 0.15) is 12.8 Å². The first kappa shape index (κ1) is 12.7. The molecular weight excluding hydrogens is 184 g/mol. The van der Waals surface area contributed by atoms with Gasteiger partial charge >= 0.3 is 5.97 Å². The standard InChI is InChI=1S/C8H18N4O2/c1-12(2)6(7(13)14)4-3-5-11-8(9)10/h6H,3-5H2,1-2H3,(H,13,14)(H4,9,10,11)/t6-/m0/s1. The lowest BCUT2D eigenvalue weighted by atomic mass is 10.1. The van der Waals surface area contributed by atoms with E-state index in [1.54, 1.807) is 19.0 Å². The van der Waals surface area contributed by atoms with Gasteiger partial charge in [0.1, 0.15) is 6.04 Å². The van der Waals surface area contributed by atoms with Crippen LogP contribution in [0.5, 0.6) is 0 Å². The molecule has 6 heteroatoms. The van der Waals surface area contributed by atoms with Crippen molar-refractivity contribution in [3.63, 3.8) is 0 Å². The molecule has 0 bridgehead atoms. The Bertz CT molecular complexity index is 206. The highest BCUT2D eigenvalue weighted by atomic mass is 16.4. The van der Waals surface area contributed by atoms with E-state index in [0.29, 0.717) is 19.4 Å². The molecule has 0 aliphatic heterocycles. The average molecular weight is 202 g/mol. The molecule has 0 aliphatic carbocycles. The predicted octanol–water partition coefficient (Wildman–Crippen LogP) is -0.736. The minimum Gasteiger partial charge on any atom is -0.480 e. The maximum atomic E-state index is 10.7. The van der Waals surface area contributed by atoms with Gasteiger partial charge in [-0.05, 0) is 26.9 Å². The van der Waals surface area contributed by atoms with Gasteiger partial charge in [0, 0.05) is 6.54 Å². The summed E-state index contributed by atoms with van der Waals surface area (Å²) in [4.78, 5) is 12.4. The van der Waals surface area contributed by atoms with Gasteiger partial charge in [-0.25, -0.2) is 0 Å². The Hall–Kier alpha value is -1.30. The molecule has 0 fully saturated rings. The first-order valence-corrected chi connectivity index (χ1v) is 4.42. The van der Waals surface area contributed by atoms with Gasteiger partial charge in [-0.2, -0.15) is 0 Å². The molecule has 0 aromatic carbocycles. The SMILES string of the molecule is CN(C)[C@@H](CCCNC(=N)N)C(=O)O. The summed E-state index contributed by atoms with van der Waals surface area (Å²) >= 11 is 0. The number of likely N-dealkylation sites (N-methyl/N-ethyl adjacent to an activating group) is 1. The molecule has 14 heavy (non-hydrogen) atoms. The summed E-state index contributed by atoms with van der Waals surface area (Å²) in [5.41, 5.74) is 5.07. The third-order valence-corrected chi connectivity index (χ3v) is 1.88. The van der Waals surface area contributed by atoms with Gasteiger partial charge in [-0.15, -0.1) is 0 Å². The van der Waals surface area contributed by atoms with Crippen LogP contribution in [-0.4, -0.2) is 48.6 Å². The summed E-state index contributed by atoms with van der Waals surface area (Å²) in [6.07, 6.45) is 1.22. The number of aliphatic carboxylic acids is 1. The molecule has 0 saturated carbocycles.